The van der Waals surface area contributed by atoms with E-state index in [2.05, 4.69) is 11.2 Å². The standard InChI is InChI=1S/C9H6N/c1-2-4-8(5-3-1)9-6-10-7-9/h1-6H/q-1. The summed E-state index contributed by atoms with van der Waals surface area (Å²) in [5, 5.41) is 0. The van der Waals surface area contributed by atoms with E-state index < -0.39 is 0 Å². The molecule has 48 valence electrons. The zero-order valence-electron chi connectivity index (χ0n) is 5.41. The van der Waals surface area contributed by atoms with Crippen LogP contribution in [0.5, 0.6) is 0 Å². The van der Waals surface area contributed by atoms with Crippen molar-refractivity contribution in [3.63, 3.8) is 0 Å². The first kappa shape index (κ1) is 5.42. The summed E-state index contributed by atoms with van der Waals surface area (Å²) < 4.78 is 0. The smallest absolute Gasteiger partial charge is 0.0382 e. The Kier molecular flexibility index (Phi) is 1.14. The molecule has 0 N–H and O–H groups in total. The van der Waals surface area contributed by atoms with Crippen molar-refractivity contribution in [3.05, 3.63) is 42.1 Å². The number of benzene rings is 1. The molecule has 0 aromatic heterocycles. The largest absolute Gasteiger partial charge is 0.360 e. The molecule has 1 heteroatoms. The number of nitrogens with zero attached hydrogens (tertiary/aromatic N) is 1. The third-order valence-electron chi connectivity index (χ3n) is 1.46. The molecule has 0 aliphatic carbocycles. The molecule has 0 saturated heterocycles. The van der Waals surface area contributed by atoms with Gasteiger partial charge in [0.25, 0.3) is 0 Å². The molecule has 0 radical (unpaired) electrons. The molecule has 0 spiro atoms. The van der Waals surface area contributed by atoms with Crippen LogP contribution in [0.3, 0.4) is 0 Å². The Balaban J connectivity index is 2.35. The molecule has 0 unspecified atom stereocenters. The fourth-order valence-electron chi connectivity index (χ4n) is 0.886. The van der Waals surface area contributed by atoms with Gasteiger partial charge in [0.2, 0.25) is 0 Å². The summed E-state index contributed by atoms with van der Waals surface area (Å²) in [5.41, 5.74) is 2.29. The zero-order valence-corrected chi connectivity index (χ0v) is 5.41. The Morgan fingerprint density at radius 3 is 2.30 bits per heavy atom. The Morgan fingerprint density at radius 2 is 1.80 bits per heavy atom. The minimum atomic E-state index is 1.10. The highest BCUT2D eigenvalue weighted by Crippen LogP contribution is 2.16. The lowest BCUT2D eigenvalue weighted by atomic mass is 10.1. The Hall–Kier alpha value is -1.37. The van der Waals surface area contributed by atoms with E-state index in [1.165, 1.54) is 5.56 Å². The molecule has 1 heterocycles. The zero-order chi connectivity index (χ0) is 6.81. The summed E-state index contributed by atoms with van der Waals surface area (Å²) in [6, 6.07) is 10.1. The summed E-state index contributed by atoms with van der Waals surface area (Å²) in [4.78, 5) is 3.76. The average Bonchev–Trinajstić information content (AvgIpc) is 1.86. The van der Waals surface area contributed by atoms with Gasteiger partial charge in [-0.15, -0.1) is 5.57 Å². The number of hydrogen-bond donors (Lipinski definition) is 0. The molecular formula is C9H6N-. The van der Waals surface area contributed by atoms with Crippen molar-refractivity contribution in [2.45, 2.75) is 0 Å². The molecule has 1 aromatic carbocycles. The van der Waals surface area contributed by atoms with Crippen LogP contribution in [0.4, 0.5) is 0 Å². The number of hydrogen-bond acceptors (Lipinski definition) is 1. The van der Waals surface area contributed by atoms with Crippen molar-refractivity contribution in [2.24, 2.45) is 4.99 Å². The van der Waals surface area contributed by atoms with Crippen LogP contribution in [-0.2, 0) is 0 Å². The van der Waals surface area contributed by atoms with Crippen molar-refractivity contribution in [2.75, 3.05) is 0 Å². The van der Waals surface area contributed by atoms with Crippen LogP contribution in [-0.4, -0.2) is 6.21 Å². The first-order chi connectivity index (χ1) is 4.97. The van der Waals surface area contributed by atoms with E-state index in [1.54, 1.807) is 0 Å². The molecule has 1 aliphatic rings. The molecule has 10 heavy (non-hydrogen) atoms. The van der Waals surface area contributed by atoms with Crippen molar-refractivity contribution >= 4 is 11.8 Å². The normalized spacial score (nSPS) is 14.2. The van der Waals surface area contributed by atoms with Gasteiger partial charge in [-0.25, -0.2) is 0 Å². The van der Waals surface area contributed by atoms with Gasteiger partial charge in [0.05, 0.1) is 0 Å². The summed E-state index contributed by atoms with van der Waals surface area (Å²) in [7, 11) is 0. The first-order valence-corrected chi connectivity index (χ1v) is 3.18. The molecule has 2 rings (SSSR count). The van der Waals surface area contributed by atoms with Crippen LogP contribution in [0, 0.1) is 0 Å². The monoisotopic (exact) mass is 128 g/mol. The maximum absolute atomic E-state index is 3.76. The van der Waals surface area contributed by atoms with Gasteiger partial charge in [-0.2, -0.15) is 0 Å². The Morgan fingerprint density at radius 1 is 1.10 bits per heavy atom. The number of allylic oxidation sites excluding steroid dienone is 1. The molecular weight excluding hydrogens is 122 g/mol. The predicted octanol–water partition coefficient (Wildman–Crippen LogP) is 1.99. The fraction of sp³-hybridized carbons (Fsp3) is 0. The quantitative estimate of drug-likeness (QED) is 0.513. The summed E-state index contributed by atoms with van der Waals surface area (Å²) in [5.74, 6) is 0. The Labute approximate surface area is 59.7 Å². The van der Waals surface area contributed by atoms with E-state index in [4.69, 9.17) is 0 Å². The molecule has 0 saturated carbocycles. The number of aliphatic imine (C=N–C) groups is 1. The molecule has 0 amide bonds. The molecule has 0 bridgehead atoms. The molecule has 1 nitrogen and oxygen atoms in total. The lowest BCUT2D eigenvalue weighted by Crippen LogP contribution is -1.90. The van der Waals surface area contributed by atoms with Crippen molar-refractivity contribution < 1.29 is 0 Å². The predicted molar refractivity (Wildman–Crippen MR) is 41.9 cm³/mol. The minimum absolute atomic E-state index is 1.10. The van der Waals surface area contributed by atoms with Gasteiger partial charge in [-0.1, -0.05) is 42.1 Å². The molecule has 0 fully saturated rings. The maximum atomic E-state index is 3.76. The number of rotatable bonds is 1. The minimum Gasteiger partial charge on any atom is -0.360 e. The van der Waals surface area contributed by atoms with Crippen molar-refractivity contribution in [1.82, 2.24) is 0 Å². The van der Waals surface area contributed by atoms with Crippen LogP contribution in [0.1, 0.15) is 5.56 Å². The summed E-state index contributed by atoms with van der Waals surface area (Å²) in [6.07, 6.45) is 4.66. The van der Waals surface area contributed by atoms with Crippen molar-refractivity contribution in [1.29, 1.82) is 0 Å². The van der Waals surface area contributed by atoms with E-state index in [9.17, 15) is 0 Å². The molecule has 1 aliphatic heterocycles. The highest BCUT2D eigenvalue weighted by atomic mass is 14.7. The Bertz CT molecular complexity index is 283. The lowest BCUT2D eigenvalue weighted by Gasteiger charge is -2.12. The van der Waals surface area contributed by atoms with E-state index in [0.717, 1.165) is 5.57 Å². The highest BCUT2D eigenvalue weighted by molar-refractivity contribution is 6.14. The van der Waals surface area contributed by atoms with E-state index >= 15 is 0 Å². The average molecular weight is 128 g/mol. The van der Waals surface area contributed by atoms with Gasteiger partial charge in [0.15, 0.2) is 0 Å². The maximum Gasteiger partial charge on any atom is -0.0382 e. The van der Waals surface area contributed by atoms with Crippen LogP contribution < -0.4 is 0 Å². The SMILES string of the molecule is [C-]1=NC=C1c1ccccc1. The van der Waals surface area contributed by atoms with Gasteiger partial charge in [-0.05, 0) is 6.21 Å². The summed E-state index contributed by atoms with van der Waals surface area (Å²) in [6.45, 7) is 0. The van der Waals surface area contributed by atoms with Crippen LogP contribution in [0.15, 0.2) is 41.5 Å². The second-order valence-corrected chi connectivity index (χ2v) is 2.15. The third kappa shape index (κ3) is 0.760. The van der Waals surface area contributed by atoms with Crippen LogP contribution in [0.2, 0.25) is 0 Å². The second kappa shape index (κ2) is 2.10. The highest BCUT2D eigenvalue weighted by Gasteiger charge is 1.91. The first-order valence-electron chi connectivity index (χ1n) is 3.18. The van der Waals surface area contributed by atoms with Crippen molar-refractivity contribution in [3.8, 4) is 0 Å². The van der Waals surface area contributed by atoms with Gasteiger partial charge >= 0.3 is 0 Å². The van der Waals surface area contributed by atoms with Gasteiger partial charge in [0, 0.05) is 0 Å². The molecule has 1 aromatic rings. The topological polar surface area (TPSA) is 12.4 Å². The van der Waals surface area contributed by atoms with Gasteiger partial charge in [0.1, 0.15) is 0 Å². The van der Waals surface area contributed by atoms with E-state index in [-0.39, 0.29) is 0 Å². The van der Waals surface area contributed by atoms with Gasteiger partial charge in [-0.3, -0.25) is 0 Å². The van der Waals surface area contributed by atoms with Crippen LogP contribution in [0.25, 0.3) is 5.57 Å². The van der Waals surface area contributed by atoms with E-state index in [1.807, 2.05) is 36.5 Å². The van der Waals surface area contributed by atoms with Crippen LogP contribution >= 0.6 is 0 Å². The van der Waals surface area contributed by atoms with Gasteiger partial charge < -0.3 is 4.99 Å². The third-order valence-corrected chi connectivity index (χ3v) is 1.46. The summed E-state index contributed by atoms with van der Waals surface area (Å²) >= 11 is 0. The fourth-order valence-corrected chi connectivity index (χ4v) is 0.886. The lowest BCUT2D eigenvalue weighted by molar-refractivity contribution is 1.52. The second-order valence-electron chi connectivity index (χ2n) is 2.15. The van der Waals surface area contributed by atoms with E-state index in [0.29, 0.717) is 0 Å². The molecule has 0 atom stereocenters.